The Morgan fingerprint density at radius 2 is 1.91 bits per heavy atom. The van der Waals surface area contributed by atoms with Gasteiger partial charge in [0.25, 0.3) is 0 Å². The zero-order valence-corrected chi connectivity index (χ0v) is 28.3. The lowest BCUT2D eigenvalue weighted by atomic mass is 9.96. The molecule has 0 saturated carbocycles. The second kappa shape index (κ2) is 17.8. The highest BCUT2D eigenvalue weighted by atomic mass is 35.5. The molecule has 1 aromatic carbocycles. The van der Waals surface area contributed by atoms with E-state index in [0.717, 1.165) is 22.8 Å². The van der Waals surface area contributed by atoms with Crippen molar-refractivity contribution in [1.82, 2.24) is 19.8 Å². The molecule has 13 heteroatoms. The Morgan fingerprint density at radius 1 is 1.22 bits per heavy atom. The first-order valence-electron chi connectivity index (χ1n) is 14.5. The summed E-state index contributed by atoms with van der Waals surface area (Å²) >= 11 is 11.1. The van der Waals surface area contributed by atoms with Gasteiger partial charge in [0.05, 0.1) is 30.7 Å². The number of aryl methyl sites for hydroxylation is 1. The highest BCUT2D eigenvalue weighted by molar-refractivity contribution is 7.71. The van der Waals surface area contributed by atoms with Gasteiger partial charge in [-0.3, -0.25) is 9.59 Å². The standard InChI is InChI=1S/C20H30F3N3O3S.C13H9ClN2/c1-13(2)10-16(19(28)24-8-6-18(27)29-5)26-12-14(7-9-25(3)4)15(11-17(26)30)20(21,22)23;1-9-3-2-4-11(8-15)13(9)10-5-6-16-12(14)7-10/h11-13,16H,6-10H2,1-5H3,(H,24,28);2-7H,1H3. The van der Waals surface area contributed by atoms with Gasteiger partial charge in [-0.2, -0.15) is 18.4 Å². The van der Waals surface area contributed by atoms with Crippen LogP contribution in [-0.2, 0) is 26.9 Å². The number of pyridine rings is 2. The third kappa shape index (κ3) is 11.5. The number of nitrogens with zero attached hydrogens (tertiary/aromatic N) is 4. The van der Waals surface area contributed by atoms with Crippen LogP contribution in [0.1, 0.15) is 55.0 Å². The van der Waals surface area contributed by atoms with Crippen molar-refractivity contribution in [3.8, 4) is 17.2 Å². The van der Waals surface area contributed by atoms with E-state index in [2.05, 4.69) is 21.1 Å². The minimum absolute atomic E-state index is 0.00311. The summed E-state index contributed by atoms with van der Waals surface area (Å²) in [6.07, 6.45) is -0.993. The number of nitriles is 1. The summed E-state index contributed by atoms with van der Waals surface area (Å²) in [6.45, 7) is 6.29. The number of alkyl halides is 3. The Morgan fingerprint density at radius 3 is 2.48 bits per heavy atom. The number of likely N-dealkylation sites (N-methyl/N-ethyl adjacent to an activating group) is 1. The molecule has 0 aliphatic heterocycles. The van der Waals surface area contributed by atoms with Gasteiger partial charge < -0.3 is 19.5 Å². The van der Waals surface area contributed by atoms with Crippen molar-refractivity contribution in [3.63, 3.8) is 0 Å². The average molecular weight is 678 g/mol. The van der Waals surface area contributed by atoms with Gasteiger partial charge in [-0.05, 0) is 80.7 Å². The van der Waals surface area contributed by atoms with Crippen molar-refractivity contribution in [2.45, 2.75) is 52.3 Å². The third-order valence-electron chi connectivity index (χ3n) is 6.89. The molecule has 46 heavy (non-hydrogen) atoms. The summed E-state index contributed by atoms with van der Waals surface area (Å²) in [5.74, 6) is -0.773. The normalized spacial score (nSPS) is 11.8. The minimum Gasteiger partial charge on any atom is -0.469 e. The van der Waals surface area contributed by atoms with Crippen molar-refractivity contribution in [1.29, 1.82) is 5.26 Å². The monoisotopic (exact) mass is 677 g/mol. The molecule has 0 bridgehead atoms. The first-order chi connectivity index (χ1) is 21.6. The van der Waals surface area contributed by atoms with Crippen LogP contribution in [0.3, 0.4) is 0 Å². The van der Waals surface area contributed by atoms with Crippen molar-refractivity contribution < 1.29 is 27.5 Å². The minimum atomic E-state index is -4.54. The van der Waals surface area contributed by atoms with Crippen LogP contribution in [0.2, 0.25) is 5.15 Å². The molecule has 0 aliphatic carbocycles. The van der Waals surface area contributed by atoms with Crippen LogP contribution in [0.5, 0.6) is 0 Å². The molecule has 3 aromatic rings. The molecule has 0 radical (unpaired) electrons. The largest absolute Gasteiger partial charge is 0.469 e. The van der Waals surface area contributed by atoms with E-state index in [0.29, 0.717) is 23.7 Å². The van der Waals surface area contributed by atoms with E-state index in [-0.39, 0.29) is 35.5 Å². The Kier molecular flexibility index (Phi) is 14.8. The summed E-state index contributed by atoms with van der Waals surface area (Å²) in [5, 5.41) is 12.2. The van der Waals surface area contributed by atoms with Gasteiger partial charge in [0.15, 0.2) is 0 Å². The predicted molar refractivity (Wildman–Crippen MR) is 175 cm³/mol. The number of amides is 1. The van der Waals surface area contributed by atoms with Gasteiger partial charge in [0.2, 0.25) is 5.91 Å². The fourth-order valence-electron chi connectivity index (χ4n) is 4.65. The van der Waals surface area contributed by atoms with Crippen LogP contribution in [0, 0.1) is 28.8 Å². The van der Waals surface area contributed by atoms with E-state index in [9.17, 15) is 22.8 Å². The topological polar surface area (TPSA) is 100 Å². The molecule has 0 fully saturated rings. The number of hydrogen-bond acceptors (Lipinski definition) is 7. The van der Waals surface area contributed by atoms with E-state index in [1.54, 1.807) is 37.3 Å². The first-order valence-corrected chi connectivity index (χ1v) is 15.3. The van der Waals surface area contributed by atoms with Crippen molar-refractivity contribution >= 4 is 35.7 Å². The lowest BCUT2D eigenvalue weighted by Crippen LogP contribution is -2.35. The second-order valence-corrected chi connectivity index (χ2v) is 12.1. The number of methoxy groups -OCH3 is 1. The van der Waals surface area contributed by atoms with Gasteiger partial charge in [0, 0.05) is 31.0 Å². The quantitative estimate of drug-likeness (QED) is 0.130. The molecule has 0 aliphatic rings. The van der Waals surface area contributed by atoms with Crippen LogP contribution in [0.25, 0.3) is 11.1 Å². The van der Waals surface area contributed by atoms with Crippen LogP contribution in [0.4, 0.5) is 13.2 Å². The molecule has 248 valence electrons. The van der Waals surface area contributed by atoms with E-state index in [1.807, 2.05) is 39.0 Å². The van der Waals surface area contributed by atoms with Gasteiger partial charge in [-0.15, -0.1) is 0 Å². The zero-order chi connectivity index (χ0) is 34.6. The maximum absolute atomic E-state index is 13.5. The summed E-state index contributed by atoms with van der Waals surface area (Å²) in [6, 6.07) is 11.6. The molecule has 2 heterocycles. The highest BCUT2D eigenvalue weighted by Crippen LogP contribution is 2.34. The number of rotatable bonds is 11. The predicted octanol–water partition coefficient (Wildman–Crippen LogP) is 7.19. The van der Waals surface area contributed by atoms with Crippen LogP contribution >= 0.6 is 23.8 Å². The number of hydrogen-bond donors (Lipinski definition) is 1. The maximum atomic E-state index is 13.5. The van der Waals surface area contributed by atoms with Crippen molar-refractivity contribution in [3.05, 3.63) is 80.8 Å². The summed E-state index contributed by atoms with van der Waals surface area (Å²) in [7, 11) is 4.81. The maximum Gasteiger partial charge on any atom is 0.416 e. The van der Waals surface area contributed by atoms with Gasteiger partial charge in [0.1, 0.15) is 15.8 Å². The van der Waals surface area contributed by atoms with E-state index in [4.69, 9.17) is 29.1 Å². The molecule has 0 saturated heterocycles. The van der Waals surface area contributed by atoms with Gasteiger partial charge >= 0.3 is 12.1 Å². The Balaban J connectivity index is 0.000000383. The van der Waals surface area contributed by atoms with Crippen molar-refractivity contribution in [2.24, 2.45) is 5.92 Å². The fraction of sp³-hybridized carbons (Fsp3) is 0.424. The molecule has 8 nitrogen and oxygen atoms in total. The summed E-state index contributed by atoms with van der Waals surface area (Å²) in [5.41, 5.74) is 2.87. The molecule has 1 atom stereocenters. The summed E-state index contributed by atoms with van der Waals surface area (Å²) < 4.78 is 46.5. The fourth-order valence-corrected chi connectivity index (χ4v) is 5.12. The zero-order valence-electron chi connectivity index (χ0n) is 26.7. The van der Waals surface area contributed by atoms with Crippen molar-refractivity contribution in [2.75, 3.05) is 34.3 Å². The number of carbonyl (C=O) groups excluding carboxylic acids is 2. The molecule has 0 spiro atoms. The Bertz CT molecular complexity index is 1600. The van der Waals surface area contributed by atoms with E-state index in [1.165, 1.54) is 17.9 Å². The smallest absolute Gasteiger partial charge is 0.416 e. The Labute approximate surface area is 278 Å². The highest BCUT2D eigenvalue weighted by Gasteiger charge is 2.34. The molecule has 1 N–H and O–H groups in total. The van der Waals surface area contributed by atoms with Gasteiger partial charge in [-0.25, -0.2) is 4.98 Å². The molecular weight excluding hydrogens is 639 g/mol. The number of halogens is 4. The SMILES string of the molecule is COC(=O)CCNC(=O)C(CC(C)C)n1cc(CCN(C)C)c(C(F)(F)F)cc1=S.Cc1cccc(C#N)c1-c1ccnc(Cl)c1. The average Bonchev–Trinajstić information content (AvgIpc) is 2.98. The van der Waals surface area contributed by atoms with E-state index >= 15 is 0 Å². The lowest BCUT2D eigenvalue weighted by Gasteiger charge is -2.25. The molecular formula is C33H39ClF3N5O3S. The lowest BCUT2D eigenvalue weighted by molar-refractivity contribution is -0.140. The number of nitrogens with one attached hydrogen (secondary N) is 1. The number of ether oxygens (including phenoxy) is 1. The Hall–Kier alpha value is -3.79. The third-order valence-corrected chi connectivity index (χ3v) is 7.43. The number of esters is 1. The van der Waals surface area contributed by atoms with Crippen LogP contribution in [-0.4, -0.2) is 60.6 Å². The number of aromatic nitrogens is 2. The van der Waals surface area contributed by atoms with Crippen LogP contribution in [0.15, 0.2) is 48.8 Å². The molecule has 2 aromatic heterocycles. The number of carbonyl (C=O) groups is 2. The second-order valence-electron chi connectivity index (χ2n) is 11.2. The first kappa shape index (κ1) is 38.4. The van der Waals surface area contributed by atoms with Crippen LogP contribution < -0.4 is 5.32 Å². The molecule has 3 rings (SSSR count). The molecule has 1 unspecified atom stereocenters. The number of benzene rings is 1. The molecule has 1 amide bonds. The van der Waals surface area contributed by atoms with E-state index < -0.39 is 29.7 Å². The summed E-state index contributed by atoms with van der Waals surface area (Å²) in [4.78, 5) is 29.8. The van der Waals surface area contributed by atoms with Gasteiger partial charge in [-0.1, -0.05) is 49.8 Å².